The molecule has 1 N–H and O–H groups in total. The number of rotatable bonds is 4. The van der Waals surface area contributed by atoms with Crippen LogP contribution in [0.3, 0.4) is 0 Å². The molecular formula is C20H14ClN3O2S. The van der Waals surface area contributed by atoms with Gasteiger partial charge >= 0.3 is 0 Å². The van der Waals surface area contributed by atoms with Gasteiger partial charge < -0.3 is 0 Å². The molecule has 1 heterocycles. The van der Waals surface area contributed by atoms with Crippen molar-refractivity contribution in [3.05, 3.63) is 84.0 Å². The van der Waals surface area contributed by atoms with Crippen molar-refractivity contribution in [2.45, 2.75) is 4.90 Å². The predicted octanol–water partition coefficient (Wildman–Crippen LogP) is 4.75. The number of fused-ring (bicyclic) bond motifs is 1. The quantitative estimate of drug-likeness (QED) is 0.541. The normalized spacial score (nSPS) is 11.4. The van der Waals surface area contributed by atoms with Gasteiger partial charge in [0.15, 0.2) is 11.0 Å². The Morgan fingerprint density at radius 2 is 1.26 bits per heavy atom. The highest BCUT2D eigenvalue weighted by molar-refractivity contribution is 7.92. The number of hydrogen-bond acceptors (Lipinski definition) is 4. The lowest BCUT2D eigenvalue weighted by Crippen LogP contribution is -2.14. The van der Waals surface area contributed by atoms with Crippen molar-refractivity contribution in [2.75, 3.05) is 4.72 Å². The maximum Gasteiger partial charge on any atom is 0.263 e. The molecule has 0 fully saturated rings. The zero-order valence-corrected chi connectivity index (χ0v) is 15.6. The summed E-state index contributed by atoms with van der Waals surface area (Å²) in [5, 5.41) is -0.00168. The number of nitrogens with zero attached hydrogens (tertiary/aromatic N) is 2. The largest absolute Gasteiger partial charge is 0.263 e. The van der Waals surface area contributed by atoms with Crippen LogP contribution in [0.2, 0.25) is 5.15 Å². The van der Waals surface area contributed by atoms with Gasteiger partial charge in [-0.1, -0.05) is 66.2 Å². The van der Waals surface area contributed by atoms with E-state index >= 15 is 0 Å². The van der Waals surface area contributed by atoms with Gasteiger partial charge in [-0.25, -0.2) is 18.4 Å². The number of hydrogen-bond donors (Lipinski definition) is 1. The van der Waals surface area contributed by atoms with E-state index in [1.165, 1.54) is 0 Å². The van der Waals surface area contributed by atoms with Crippen molar-refractivity contribution in [2.24, 2.45) is 0 Å². The summed E-state index contributed by atoms with van der Waals surface area (Å²) >= 11 is 6.10. The molecule has 1 aromatic heterocycles. The molecule has 0 unspecified atom stereocenters. The standard InChI is InChI=1S/C20H14ClN3O2S/c21-19-20(23-18-9-5-4-8-17(18)22-19)24-27(25,26)16-12-10-15(11-13-16)14-6-2-1-3-7-14/h1-13H,(H,23,24). The van der Waals surface area contributed by atoms with Crippen LogP contribution in [0.5, 0.6) is 0 Å². The van der Waals surface area contributed by atoms with Gasteiger partial charge in [0.2, 0.25) is 0 Å². The van der Waals surface area contributed by atoms with Crippen molar-refractivity contribution in [3.8, 4) is 11.1 Å². The summed E-state index contributed by atoms with van der Waals surface area (Å²) < 4.78 is 27.8. The van der Waals surface area contributed by atoms with Gasteiger partial charge in [-0.05, 0) is 35.4 Å². The third-order valence-electron chi connectivity index (χ3n) is 4.03. The summed E-state index contributed by atoms with van der Waals surface area (Å²) in [5.74, 6) is 0.00232. The van der Waals surface area contributed by atoms with E-state index in [1.807, 2.05) is 36.4 Å². The Balaban J connectivity index is 1.65. The Hall–Kier alpha value is -2.96. The maximum atomic E-state index is 12.7. The summed E-state index contributed by atoms with van der Waals surface area (Å²) in [7, 11) is -3.84. The van der Waals surface area contributed by atoms with E-state index in [9.17, 15) is 8.42 Å². The van der Waals surface area contributed by atoms with Gasteiger partial charge in [0.05, 0.1) is 15.9 Å². The topological polar surface area (TPSA) is 72.0 Å². The van der Waals surface area contributed by atoms with E-state index in [4.69, 9.17) is 11.6 Å². The summed E-state index contributed by atoms with van der Waals surface area (Å²) in [4.78, 5) is 8.57. The number of anilines is 1. The van der Waals surface area contributed by atoms with Crippen LogP contribution in [0.4, 0.5) is 5.82 Å². The number of halogens is 1. The molecule has 0 aliphatic carbocycles. The minimum absolute atomic E-state index is 0.00168. The average Bonchev–Trinajstić information content (AvgIpc) is 2.69. The lowest BCUT2D eigenvalue weighted by molar-refractivity contribution is 0.601. The van der Waals surface area contributed by atoms with Crippen molar-refractivity contribution >= 4 is 38.5 Å². The summed E-state index contributed by atoms with van der Waals surface area (Å²) in [6, 6.07) is 23.5. The Morgan fingerprint density at radius 1 is 0.704 bits per heavy atom. The average molecular weight is 396 g/mol. The molecule has 0 bridgehead atoms. The predicted molar refractivity (Wildman–Crippen MR) is 107 cm³/mol. The van der Waals surface area contributed by atoms with Gasteiger partial charge in [0, 0.05) is 0 Å². The Kier molecular flexibility index (Phi) is 4.51. The highest BCUT2D eigenvalue weighted by atomic mass is 35.5. The van der Waals surface area contributed by atoms with Crippen LogP contribution in [-0.2, 0) is 10.0 Å². The highest BCUT2D eigenvalue weighted by Gasteiger charge is 2.18. The monoisotopic (exact) mass is 395 g/mol. The molecule has 0 aliphatic rings. The van der Waals surface area contributed by atoms with Crippen LogP contribution in [0, 0.1) is 0 Å². The molecule has 3 aromatic carbocycles. The first kappa shape index (κ1) is 17.5. The molecule has 4 aromatic rings. The van der Waals surface area contributed by atoms with Crippen molar-refractivity contribution in [3.63, 3.8) is 0 Å². The molecule has 7 heteroatoms. The third kappa shape index (κ3) is 3.63. The van der Waals surface area contributed by atoms with Crippen LogP contribution in [-0.4, -0.2) is 18.4 Å². The third-order valence-corrected chi connectivity index (χ3v) is 5.65. The summed E-state index contributed by atoms with van der Waals surface area (Å²) in [5.41, 5.74) is 3.09. The van der Waals surface area contributed by atoms with Gasteiger partial charge in [0.25, 0.3) is 10.0 Å². The Bertz CT molecular complexity index is 1210. The molecule has 4 rings (SSSR count). The molecule has 0 saturated carbocycles. The van der Waals surface area contributed by atoms with E-state index in [1.54, 1.807) is 42.5 Å². The summed E-state index contributed by atoms with van der Waals surface area (Å²) in [6.45, 7) is 0. The SMILES string of the molecule is O=S(=O)(Nc1nc2ccccc2nc1Cl)c1ccc(-c2ccccc2)cc1. The molecule has 0 spiro atoms. The van der Waals surface area contributed by atoms with Crippen LogP contribution in [0.25, 0.3) is 22.2 Å². The lowest BCUT2D eigenvalue weighted by Gasteiger charge is -2.10. The fraction of sp³-hybridized carbons (Fsp3) is 0. The molecule has 0 atom stereocenters. The van der Waals surface area contributed by atoms with Gasteiger partial charge in [-0.2, -0.15) is 0 Å². The zero-order valence-electron chi connectivity index (χ0n) is 14.0. The maximum absolute atomic E-state index is 12.7. The first-order valence-corrected chi connectivity index (χ1v) is 10.00. The highest BCUT2D eigenvalue weighted by Crippen LogP contribution is 2.25. The number of benzene rings is 3. The number of sulfonamides is 1. The first-order chi connectivity index (χ1) is 13.0. The fourth-order valence-corrected chi connectivity index (χ4v) is 3.93. The number of para-hydroxylation sites is 2. The molecular weight excluding hydrogens is 382 g/mol. The lowest BCUT2D eigenvalue weighted by atomic mass is 10.1. The molecule has 0 aliphatic heterocycles. The Morgan fingerprint density at radius 3 is 1.93 bits per heavy atom. The zero-order chi connectivity index (χ0) is 18.9. The van der Waals surface area contributed by atoms with Crippen molar-refractivity contribution in [1.29, 1.82) is 0 Å². The van der Waals surface area contributed by atoms with E-state index in [0.717, 1.165) is 11.1 Å². The van der Waals surface area contributed by atoms with Gasteiger partial charge in [-0.15, -0.1) is 0 Å². The summed E-state index contributed by atoms with van der Waals surface area (Å²) in [6.07, 6.45) is 0. The van der Waals surface area contributed by atoms with Crippen molar-refractivity contribution < 1.29 is 8.42 Å². The van der Waals surface area contributed by atoms with Crippen LogP contribution in [0.1, 0.15) is 0 Å². The van der Waals surface area contributed by atoms with Crippen LogP contribution in [0.15, 0.2) is 83.8 Å². The second-order valence-electron chi connectivity index (χ2n) is 5.85. The van der Waals surface area contributed by atoms with Crippen LogP contribution >= 0.6 is 11.6 Å². The van der Waals surface area contributed by atoms with E-state index < -0.39 is 10.0 Å². The molecule has 134 valence electrons. The van der Waals surface area contributed by atoms with E-state index in [-0.39, 0.29) is 15.9 Å². The second kappa shape index (κ2) is 6.98. The van der Waals surface area contributed by atoms with E-state index in [2.05, 4.69) is 14.7 Å². The number of nitrogens with one attached hydrogen (secondary N) is 1. The molecule has 27 heavy (non-hydrogen) atoms. The molecule has 0 saturated heterocycles. The molecule has 0 radical (unpaired) electrons. The Labute approximate surface area is 161 Å². The number of aromatic nitrogens is 2. The molecule has 5 nitrogen and oxygen atoms in total. The van der Waals surface area contributed by atoms with Crippen molar-refractivity contribution in [1.82, 2.24) is 9.97 Å². The second-order valence-corrected chi connectivity index (χ2v) is 7.89. The molecule has 0 amide bonds. The smallest absolute Gasteiger partial charge is 0.261 e. The van der Waals surface area contributed by atoms with E-state index in [0.29, 0.717) is 11.0 Å². The van der Waals surface area contributed by atoms with Gasteiger partial charge in [-0.3, -0.25) is 4.72 Å². The van der Waals surface area contributed by atoms with Crippen LogP contribution < -0.4 is 4.72 Å². The fourth-order valence-electron chi connectivity index (χ4n) is 2.69. The van der Waals surface area contributed by atoms with Gasteiger partial charge in [0.1, 0.15) is 0 Å². The minimum Gasteiger partial charge on any atom is -0.261 e. The minimum atomic E-state index is -3.84. The first-order valence-electron chi connectivity index (χ1n) is 8.13.